The monoisotopic (exact) mass is 320 g/mol. The third-order valence-corrected chi connectivity index (χ3v) is 3.11. The van der Waals surface area contributed by atoms with Crippen molar-refractivity contribution in [2.45, 2.75) is 13.5 Å². The number of ether oxygens (including phenoxy) is 2. The normalized spacial score (nSPS) is 10.6. The molecule has 0 radical (unpaired) electrons. The molecule has 0 amide bonds. The number of benzene rings is 1. The molecule has 122 valence electrons. The van der Waals surface area contributed by atoms with Crippen LogP contribution in [0.3, 0.4) is 0 Å². The molecule has 1 aromatic carbocycles. The maximum absolute atomic E-state index is 13.1. The van der Waals surface area contributed by atoms with Crippen LogP contribution in [-0.4, -0.2) is 36.1 Å². The van der Waals surface area contributed by atoms with Gasteiger partial charge in [0.25, 0.3) is 0 Å². The molecule has 1 heterocycles. The number of hydrogen-bond donors (Lipinski definition) is 0. The van der Waals surface area contributed by atoms with Crippen LogP contribution in [0.4, 0.5) is 4.39 Å². The lowest BCUT2D eigenvalue weighted by atomic mass is 10.1. The van der Waals surface area contributed by atoms with Gasteiger partial charge in [0.2, 0.25) is 11.1 Å². The summed E-state index contributed by atoms with van der Waals surface area (Å²) in [4.78, 5) is 24.4. The third kappa shape index (κ3) is 4.01. The van der Waals surface area contributed by atoms with E-state index in [-0.39, 0.29) is 17.9 Å². The fraction of sp³-hybridized carbons (Fsp3) is 0.312. The number of aromatic nitrogens is 2. The molecular formula is C16H17FN2O4. The lowest BCUT2D eigenvalue weighted by molar-refractivity contribution is 0.0514. The number of rotatable bonds is 6. The highest BCUT2D eigenvalue weighted by atomic mass is 19.1. The molecule has 0 saturated heterocycles. The van der Waals surface area contributed by atoms with Crippen molar-refractivity contribution in [1.29, 1.82) is 0 Å². The Morgan fingerprint density at radius 2 is 2.00 bits per heavy atom. The number of hydrogen-bond acceptors (Lipinski definition) is 5. The molecule has 6 nitrogen and oxygen atoms in total. The number of methoxy groups -OCH3 is 1. The summed E-state index contributed by atoms with van der Waals surface area (Å²) in [5.41, 5.74) is -0.108. The van der Waals surface area contributed by atoms with Gasteiger partial charge in [-0.15, -0.1) is 0 Å². The predicted molar refractivity (Wildman–Crippen MR) is 81.7 cm³/mol. The highest BCUT2D eigenvalue weighted by Gasteiger charge is 2.19. The number of carbonyl (C=O) groups is 1. The minimum Gasteiger partial charge on any atom is -0.461 e. The van der Waals surface area contributed by atoms with E-state index in [0.29, 0.717) is 18.7 Å². The van der Waals surface area contributed by atoms with Gasteiger partial charge in [0, 0.05) is 18.9 Å². The Morgan fingerprint density at radius 3 is 2.61 bits per heavy atom. The molecule has 0 N–H and O–H groups in total. The van der Waals surface area contributed by atoms with Gasteiger partial charge in [-0.05, 0) is 24.6 Å². The largest absolute Gasteiger partial charge is 0.461 e. The molecule has 0 unspecified atom stereocenters. The maximum Gasteiger partial charge on any atom is 0.362 e. The molecule has 2 rings (SSSR count). The van der Waals surface area contributed by atoms with Gasteiger partial charge in [-0.1, -0.05) is 12.1 Å². The van der Waals surface area contributed by atoms with Gasteiger partial charge in [-0.3, -0.25) is 9.48 Å². The standard InChI is InChI=1S/C16H17FN2O4/c1-3-23-16(21)14-15(20)13(10-19(18-14)8-9-22-2)11-4-6-12(17)7-5-11/h4-7,10H,3,8-9H2,1-2H3. The second-order valence-electron chi connectivity index (χ2n) is 4.70. The van der Waals surface area contributed by atoms with E-state index < -0.39 is 17.2 Å². The molecule has 2 aromatic rings. The van der Waals surface area contributed by atoms with Crippen LogP contribution in [0.15, 0.2) is 35.3 Å². The van der Waals surface area contributed by atoms with Crippen LogP contribution in [0.25, 0.3) is 11.1 Å². The second-order valence-corrected chi connectivity index (χ2v) is 4.70. The molecule has 0 spiro atoms. The summed E-state index contributed by atoms with van der Waals surface area (Å²) in [6.07, 6.45) is 1.51. The van der Waals surface area contributed by atoms with Gasteiger partial charge >= 0.3 is 5.97 Å². The first-order valence-electron chi connectivity index (χ1n) is 7.10. The summed E-state index contributed by atoms with van der Waals surface area (Å²) in [7, 11) is 1.54. The highest BCUT2D eigenvalue weighted by molar-refractivity contribution is 5.88. The first-order chi connectivity index (χ1) is 11.1. The van der Waals surface area contributed by atoms with Crippen molar-refractivity contribution >= 4 is 5.97 Å². The lowest BCUT2D eigenvalue weighted by Crippen LogP contribution is -2.26. The van der Waals surface area contributed by atoms with Gasteiger partial charge in [0.05, 0.1) is 19.8 Å². The van der Waals surface area contributed by atoms with Crippen molar-refractivity contribution in [2.24, 2.45) is 0 Å². The van der Waals surface area contributed by atoms with Gasteiger partial charge in [-0.2, -0.15) is 5.10 Å². The average Bonchev–Trinajstić information content (AvgIpc) is 2.55. The summed E-state index contributed by atoms with van der Waals surface area (Å²) in [5.74, 6) is -1.19. The summed E-state index contributed by atoms with van der Waals surface area (Å²) >= 11 is 0. The van der Waals surface area contributed by atoms with Gasteiger partial charge in [0.15, 0.2) is 0 Å². The molecule has 23 heavy (non-hydrogen) atoms. The summed E-state index contributed by atoms with van der Waals surface area (Å²) in [6, 6.07) is 5.45. The Kier molecular flexibility index (Phi) is 5.59. The maximum atomic E-state index is 13.1. The number of halogens is 1. The molecular weight excluding hydrogens is 303 g/mol. The van der Waals surface area contributed by atoms with Crippen molar-refractivity contribution in [3.8, 4) is 11.1 Å². The summed E-state index contributed by atoms with van der Waals surface area (Å²) in [6.45, 7) is 2.50. The van der Waals surface area contributed by atoms with Crippen LogP contribution >= 0.6 is 0 Å². The smallest absolute Gasteiger partial charge is 0.362 e. The summed E-state index contributed by atoms with van der Waals surface area (Å²) in [5, 5.41) is 4.01. The molecule has 0 aliphatic carbocycles. The summed E-state index contributed by atoms with van der Waals surface area (Å²) < 4.78 is 24.4. The molecule has 0 aliphatic heterocycles. The molecule has 0 bridgehead atoms. The quantitative estimate of drug-likeness (QED) is 0.760. The van der Waals surface area contributed by atoms with Crippen LogP contribution in [0.2, 0.25) is 0 Å². The van der Waals surface area contributed by atoms with Crippen molar-refractivity contribution in [1.82, 2.24) is 9.78 Å². The number of nitrogens with zero attached hydrogens (tertiary/aromatic N) is 2. The van der Waals surface area contributed by atoms with Crippen molar-refractivity contribution < 1.29 is 18.7 Å². The molecule has 0 fully saturated rings. The topological polar surface area (TPSA) is 70.4 Å². The average molecular weight is 320 g/mol. The Morgan fingerprint density at radius 1 is 1.30 bits per heavy atom. The van der Waals surface area contributed by atoms with Gasteiger partial charge in [-0.25, -0.2) is 9.18 Å². The van der Waals surface area contributed by atoms with E-state index in [1.54, 1.807) is 6.92 Å². The van der Waals surface area contributed by atoms with E-state index in [9.17, 15) is 14.0 Å². The zero-order valence-electron chi connectivity index (χ0n) is 12.9. The van der Waals surface area contributed by atoms with Crippen LogP contribution in [0, 0.1) is 5.82 Å². The van der Waals surface area contributed by atoms with E-state index >= 15 is 0 Å². The lowest BCUT2D eigenvalue weighted by Gasteiger charge is -2.10. The number of esters is 1. The van der Waals surface area contributed by atoms with Crippen LogP contribution in [-0.2, 0) is 16.0 Å². The van der Waals surface area contributed by atoms with E-state index in [4.69, 9.17) is 9.47 Å². The third-order valence-electron chi connectivity index (χ3n) is 3.11. The van der Waals surface area contributed by atoms with Crippen LogP contribution < -0.4 is 5.43 Å². The Bertz CT molecular complexity index is 741. The van der Waals surface area contributed by atoms with Crippen LogP contribution in [0.5, 0.6) is 0 Å². The SMILES string of the molecule is CCOC(=O)c1nn(CCOC)cc(-c2ccc(F)cc2)c1=O. The van der Waals surface area contributed by atoms with Crippen molar-refractivity contribution in [3.05, 3.63) is 52.2 Å². The van der Waals surface area contributed by atoms with E-state index in [2.05, 4.69) is 5.10 Å². The van der Waals surface area contributed by atoms with E-state index in [1.807, 2.05) is 0 Å². The zero-order chi connectivity index (χ0) is 16.8. The second kappa shape index (κ2) is 7.64. The van der Waals surface area contributed by atoms with Crippen molar-refractivity contribution in [3.63, 3.8) is 0 Å². The minimum atomic E-state index is -0.785. The van der Waals surface area contributed by atoms with E-state index in [0.717, 1.165) is 0 Å². The molecule has 0 aliphatic rings. The molecule has 1 aromatic heterocycles. The predicted octanol–water partition coefficient (Wildman–Crippen LogP) is 1.87. The van der Waals surface area contributed by atoms with Gasteiger partial charge in [0.1, 0.15) is 5.82 Å². The Hall–Kier alpha value is -2.54. The van der Waals surface area contributed by atoms with E-state index in [1.165, 1.54) is 42.3 Å². The fourth-order valence-electron chi connectivity index (χ4n) is 2.01. The van der Waals surface area contributed by atoms with Gasteiger partial charge < -0.3 is 9.47 Å². The molecule has 0 atom stereocenters. The molecule has 7 heteroatoms. The molecule has 0 saturated carbocycles. The first-order valence-corrected chi connectivity index (χ1v) is 7.10. The number of carbonyl (C=O) groups excluding carboxylic acids is 1. The van der Waals surface area contributed by atoms with Crippen LogP contribution in [0.1, 0.15) is 17.4 Å². The highest BCUT2D eigenvalue weighted by Crippen LogP contribution is 2.16. The Labute approximate surface area is 132 Å². The first kappa shape index (κ1) is 16.8. The minimum absolute atomic E-state index is 0.138. The van der Waals surface area contributed by atoms with Crippen molar-refractivity contribution in [2.75, 3.05) is 20.3 Å². The fourth-order valence-corrected chi connectivity index (χ4v) is 2.01. The Balaban J connectivity index is 2.55. The zero-order valence-corrected chi connectivity index (χ0v) is 12.9.